The SMILES string of the molecule is CCN(CC)Cc1nc2cc(F)ccc2n1CCC#N. The Morgan fingerprint density at radius 2 is 2.10 bits per heavy atom. The predicted molar refractivity (Wildman–Crippen MR) is 76.5 cm³/mol. The smallest absolute Gasteiger partial charge is 0.125 e. The third-order valence-electron chi connectivity index (χ3n) is 3.50. The number of imidazole rings is 1. The number of rotatable bonds is 6. The van der Waals surface area contributed by atoms with Crippen LogP contribution >= 0.6 is 0 Å². The van der Waals surface area contributed by atoms with Gasteiger partial charge in [-0.25, -0.2) is 9.37 Å². The van der Waals surface area contributed by atoms with Crippen molar-refractivity contribution in [1.29, 1.82) is 5.26 Å². The van der Waals surface area contributed by atoms with Crippen molar-refractivity contribution in [3.05, 3.63) is 29.8 Å². The molecule has 0 atom stereocenters. The topological polar surface area (TPSA) is 44.9 Å². The molecule has 1 aromatic heterocycles. The maximum absolute atomic E-state index is 13.3. The number of halogens is 1. The van der Waals surface area contributed by atoms with Crippen LogP contribution in [0, 0.1) is 17.1 Å². The maximum Gasteiger partial charge on any atom is 0.125 e. The van der Waals surface area contributed by atoms with E-state index in [0.29, 0.717) is 25.0 Å². The molecule has 0 fully saturated rings. The zero-order valence-electron chi connectivity index (χ0n) is 11.9. The quantitative estimate of drug-likeness (QED) is 0.813. The molecule has 0 N–H and O–H groups in total. The minimum absolute atomic E-state index is 0.281. The molecule has 0 aliphatic carbocycles. The van der Waals surface area contributed by atoms with E-state index in [2.05, 4.69) is 29.8 Å². The van der Waals surface area contributed by atoms with Gasteiger partial charge in [-0.05, 0) is 25.2 Å². The molecule has 20 heavy (non-hydrogen) atoms. The van der Waals surface area contributed by atoms with Crippen molar-refractivity contribution in [1.82, 2.24) is 14.5 Å². The van der Waals surface area contributed by atoms with Gasteiger partial charge in [0.15, 0.2) is 0 Å². The van der Waals surface area contributed by atoms with Crippen LogP contribution < -0.4 is 0 Å². The van der Waals surface area contributed by atoms with Gasteiger partial charge in [0.1, 0.15) is 11.6 Å². The molecular formula is C15H19FN4. The second-order valence-corrected chi connectivity index (χ2v) is 4.68. The molecule has 106 valence electrons. The fourth-order valence-electron chi connectivity index (χ4n) is 2.33. The second-order valence-electron chi connectivity index (χ2n) is 4.68. The fourth-order valence-corrected chi connectivity index (χ4v) is 2.33. The summed E-state index contributed by atoms with van der Waals surface area (Å²) in [7, 11) is 0. The third-order valence-corrected chi connectivity index (χ3v) is 3.50. The van der Waals surface area contributed by atoms with Crippen molar-refractivity contribution in [3.8, 4) is 6.07 Å². The highest BCUT2D eigenvalue weighted by molar-refractivity contribution is 5.76. The van der Waals surface area contributed by atoms with Crippen LogP contribution in [0.15, 0.2) is 18.2 Å². The van der Waals surface area contributed by atoms with E-state index in [4.69, 9.17) is 5.26 Å². The van der Waals surface area contributed by atoms with E-state index in [-0.39, 0.29) is 5.82 Å². The average molecular weight is 274 g/mol. The molecule has 0 saturated carbocycles. The van der Waals surface area contributed by atoms with Crippen molar-refractivity contribution < 1.29 is 4.39 Å². The summed E-state index contributed by atoms with van der Waals surface area (Å²) in [4.78, 5) is 6.78. The van der Waals surface area contributed by atoms with Crippen LogP contribution in [-0.2, 0) is 13.1 Å². The van der Waals surface area contributed by atoms with Crippen molar-refractivity contribution in [2.45, 2.75) is 33.4 Å². The minimum Gasteiger partial charge on any atom is -0.326 e. The molecule has 1 aromatic carbocycles. The summed E-state index contributed by atoms with van der Waals surface area (Å²) >= 11 is 0. The van der Waals surface area contributed by atoms with E-state index in [1.165, 1.54) is 12.1 Å². The summed E-state index contributed by atoms with van der Waals surface area (Å²) in [6, 6.07) is 6.78. The van der Waals surface area contributed by atoms with Gasteiger partial charge in [-0.15, -0.1) is 0 Å². The Labute approximate surface area is 118 Å². The Kier molecular flexibility index (Phi) is 4.70. The van der Waals surface area contributed by atoms with Crippen molar-refractivity contribution in [3.63, 3.8) is 0 Å². The first kappa shape index (κ1) is 14.5. The van der Waals surface area contributed by atoms with Gasteiger partial charge in [0.05, 0.1) is 30.1 Å². The van der Waals surface area contributed by atoms with Gasteiger partial charge in [0, 0.05) is 12.6 Å². The van der Waals surface area contributed by atoms with E-state index in [0.717, 1.165) is 24.4 Å². The lowest BCUT2D eigenvalue weighted by molar-refractivity contribution is 0.284. The van der Waals surface area contributed by atoms with Crippen LogP contribution in [-0.4, -0.2) is 27.5 Å². The predicted octanol–water partition coefficient (Wildman–Crippen LogP) is 2.93. The van der Waals surface area contributed by atoms with Crippen LogP contribution in [0.2, 0.25) is 0 Å². The van der Waals surface area contributed by atoms with Gasteiger partial charge in [-0.2, -0.15) is 5.26 Å². The molecule has 0 aliphatic heterocycles. The number of fused-ring (bicyclic) bond motifs is 1. The highest BCUT2D eigenvalue weighted by Crippen LogP contribution is 2.19. The maximum atomic E-state index is 13.3. The number of aromatic nitrogens is 2. The number of benzene rings is 1. The van der Waals surface area contributed by atoms with Gasteiger partial charge < -0.3 is 4.57 Å². The van der Waals surface area contributed by atoms with Crippen molar-refractivity contribution in [2.75, 3.05) is 13.1 Å². The Hall–Kier alpha value is -1.93. The molecule has 0 bridgehead atoms. The number of nitriles is 1. The largest absolute Gasteiger partial charge is 0.326 e. The van der Waals surface area contributed by atoms with Crippen LogP contribution in [0.3, 0.4) is 0 Å². The van der Waals surface area contributed by atoms with E-state index in [1.807, 2.05) is 4.57 Å². The highest BCUT2D eigenvalue weighted by Gasteiger charge is 2.13. The van der Waals surface area contributed by atoms with Gasteiger partial charge in [-0.1, -0.05) is 13.8 Å². The first-order valence-corrected chi connectivity index (χ1v) is 6.93. The molecule has 4 nitrogen and oxygen atoms in total. The van der Waals surface area contributed by atoms with Gasteiger partial charge in [0.2, 0.25) is 0 Å². The zero-order valence-corrected chi connectivity index (χ0v) is 11.9. The minimum atomic E-state index is -0.281. The summed E-state index contributed by atoms with van der Waals surface area (Å²) in [6.07, 6.45) is 0.425. The normalized spacial score (nSPS) is 11.2. The van der Waals surface area contributed by atoms with Crippen LogP contribution in [0.4, 0.5) is 4.39 Å². The molecule has 0 spiro atoms. The highest BCUT2D eigenvalue weighted by atomic mass is 19.1. The zero-order chi connectivity index (χ0) is 14.5. The second kappa shape index (κ2) is 6.49. The molecule has 0 amide bonds. The summed E-state index contributed by atoms with van der Waals surface area (Å²) in [5.74, 6) is 0.612. The van der Waals surface area contributed by atoms with E-state index in [9.17, 15) is 4.39 Å². The average Bonchev–Trinajstić information content (AvgIpc) is 2.78. The van der Waals surface area contributed by atoms with E-state index >= 15 is 0 Å². The lowest BCUT2D eigenvalue weighted by Gasteiger charge is -2.18. The Morgan fingerprint density at radius 3 is 2.75 bits per heavy atom. The van der Waals surface area contributed by atoms with Crippen LogP contribution in [0.1, 0.15) is 26.1 Å². The van der Waals surface area contributed by atoms with E-state index in [1.54, 1.807) is 6.07 Å². The molecule has 2 rings (SSSR count). The molecule has 2 aromatic rings. The monoisotopic (exact) mass is 274 g/mol. The number of hydrogen-bond donors (Lipinski definition) is 0. The first-order chi connectivity index (χ1) is 9.69. The Balaban J connectivity index is 2.42. The molecule has 0 unspecified atom stereocenters. The molecule has 5 heteroatoms. The summed E-state index contributed by atoms with van der Waals surface area (Å²) in [6.45, 7) is 7.39. The number of nitrogens with zero attached hydrogens (tertiary/aromatic N) is 4. The van der Waals surface area contributed by atoms with Crippen molar-refractivity contribution >= 4 is 11.0 Å². The molecule has 0 aliphatic rings. The number of hydrogen-bond acceptors (Lipinski definition) is 3. The summed E-state index contributed by atoms with van der Waals surface area (Å²) in [5.41, 5.74) is 1.55. The van der Waals surface area contributed by atoms with Gasteiger partial charge in [-0.3, -0.25) is 4.90 Å². The Bertz CT molecular complexity index is 623. The van der Waals surface area contributed by atoms with Gasteiger partial charge >= 0.3 is 0 Å². The molecule has 0 saturated heterocycles. The molecule has 1 heterocycles. The number of aryl methyl sites for hydroxylation is 1. The summed E-state index contributed by atoms with van der Waals surface area (Å²) < 4.78 is 15.3. The van der Waals surface area contributed by atoms with Crippen LogP contribution in [0.5, 0.6) is 0 Å². The van der Waals surface area contributed by atoms with Gasteiger partial charge in [0.25, 0.3) is 0 Å². The van der Waals surface area contributed by atoms with Crippen molar-refractivity contribution in [2.24, 2.45) is 0 Å². The standard InChI is InChI=1S/C15H19FN4/c1-3-19(4-2)11-15-18-13-10-12(16)6-7-14(13)20(15)9-5-8-17/h6-7,10H,3-5,9,11H2,1-2H3. The fraction of sp³-hybridized carbons (Fsp3) is 0.467. The Morgan fingerprint density at radius 1 is 1.35 bits per heavy atom. The first-order valence-electron chi connectivity index (χ1n) is 6.93. The van der Waals surface area contributed by atoms with E-state index < -0.39 is 0 Å². The lowest BCUT2D eigenvalue weighted by Crippen LogP contribution is -2.24. The van der Waals surface area contributed by atoms with Crippen LogP contribution in [0.25, 0.3) is 11.0 Å². The lowest BCUT2D eigenvalue weighted by atomic mass is 10.3. The summed E-state index contributed by atoms with van der Waals surface area (Å²) in [5, 5.41) is 8.79. The molecule has 0 radical (unpaired) electrons. The molecular weight excluding hydrogens is 255 g/mol. The third kappa shape index (κ3) is 2.97.